The fourth-order valence-electron chi connectivity index (χ4n) is 4.05. The standard InChI is InChI=1S/C24H19F3N8O/c1-14(24(25,26)27)34-13-30-32-22(34)19-3-2-4-21(31-19)35-12-29-18-8-7-16(9-17(18)23(35)36)33-10-20(28-11-33)15-5-6-15/h2-4,7-15H,5-6H2,1H3. The molecule has 0 aliphatic heterocycles. The number of aromatic nitrogens is 8. The van der Waals surface area contributed by atoms with Gasteiger partial charge in [-0.2, -0.15) is 13.2 Å². The van der Waals surface area contributed by atoms with Crippen molar-refractivity contribution >= 4 is 10.9 Å². The number of imidazole rings is 1. The molecule has 4 heterocycles. The molecule has 0 amide bonds. The molecule has 4 aromatic heterocycles. The van der Waals surface area contributed by atoms with Crippen LogP contribution in [0, 0.1) is 0 Å². The van der Waals surface area contributed by atoms with Crippen molar-refractivity contribution in [1.29, 1.82) is 0 Å². The van der Waals surface area contributed by atoms with Gasteiger partial charge in [0.15, 0.2) is 5.82 Å². The Morgan fingerprint density at radius 2 is 1.89 bits per heavy atom. The second-order valence-corrected chi connectivity index (χ2v) is 8.76. The van der Waals surface area contributed by atoms with Gasteiger partial charge in [-0.05, 0) is 50.1 Å². The number of nitrogens with zero attached hydrogens (tertiary/aromatic N) is 8. The Morgan fingerprint density at radius 3 is 2.67 bits per heavy atom. The first-order valence-corrected chi connectivity index (χ1v) is 11.3. The van der Waals surface area contributed by atoms with E-state index in [1.54, 1.807) is 30.6 Å². The number of halogens is 3. The Morgan fingerprint density at radius 1 is 1.06 bits per heavy atom. The van der Waals surface area contributed by atoms with Gasteiger partial charge in [0.05, 0.1) is 22.9 Å². The monoisotopic (exact) mass is 492 g/mol. The van der Waals surface area contributed by atoms with Gasteiger partial charge < -0.3 is 9.13 Å². The van der Waals surface area contributed by atoms with Gasteiger partial charge in [-0.1, -0.05) is 6.07 Å². The Labute approximate surface area is 201 Å². The van der Waals surface area contributed by atoms with Crippen LogP contribution in [0.15, 0.2) is 66.4 Å². The molecular formula is C24H19F3N8O. The third-order valence-electron chi connectivity index (χ3n) is 6.31. The molecule has 36 heavy (non-hydrogen) atoms. The van der Waals surface area contributed by atoms with E-state index in [1.165, 1.54) is 17.0 Å². The van der Waals surface area contributed by atoms with Gasteiger partial charge in [-0.25, -0.2) is 15.0 Å². The van der Waals surface area contributed by atoms with Crippen LogP contribution in [-0.4, -0.2) is 45.0 Å². The topological polar surface area (TPSA) is 96.3 Å². The minimum atomic E-state index is -4.49. The summed E-state index contributed by atoms with van der Waals surface area (Å²) < 4.78 is 43.9. The van der Waals surface area contributed by atoms with E-state index in [4.69, 9.17) is 0 Å². The lowest BCUT2D eigenvalue weighted by Crippen LogP contribution is -2.24. The number of fused-ring (bicyclic) bond motifs is 1. The third-order valence-corrected chi connectivity index (χ3v) is 6.31. The summed E-state index contributed by atoms with van der Waals surface area (Å²) in [7, 11) is 0. The van der Waals surface area contributed by atoms with Gasteiger partial charge >= 0.3 is 6.18 Å². The van der Waals surface area contributed by atoms with Crippen molar-refractivity contribution in [2.24, 2.45) is 0 Å². The molecule has 9 nitrogen and oxygen atoms in total. The van der Waals surface area contributed by atoms with Crippen molar-refractivity contribution in [3.8, 4) is 23.0 Å². The van der Waals surface area contributed by atoms with E-state index in [1.807, 2.05) is 16.8 Å². The van der Waals surface area contributed by atoms with Crippen molar-refractivity contribution < 1.29 is 13.2 Å². The van der Waals surface area contributed by atoms with E-state index in [-0.39, 0.29) is 22.9 Å². The molecule has 0 bridgehead atoms. The summed E-state index contributed by atoms with van der Waals surface area (Å²) in [5.41, 5.74) is 2.10. The molecule has 1 aromatic carbocycles. The Bertz CT molecular complexity index is 1650. The molecule has 0 N–H and O–H groups in total. The lowest BCUT2D eigenvalue weighted by molar-refractivity contribution is -0.162. The van der Waals surface area contributed by atoms with Crippen LogP contribution in [0.3, 0.4) is 0 Å². The number of hydrogen-bond acceptors (Lipinski definition) is 6. The van der Waals surface area contributed by atoms with Crippen LogP contribution < -0.4 is 5.56 Å². The molecule has 182 valence electrons. The third kappa shape index (κ3) is 3.84. The molecule has 0 radical (unpaired) electrons. The SMILES string of the molecule is CC(n1cnnc1-c1cccc(-n2cnc3ccc(-n4cnc(C5CC5)c4)cc3c2=O)n1)C(F)(F)F. The summed E-state index contributed by atoms with van der Waals surface area (Å²) in [5, 5.41) is 7.84. The molecule has 0 spiro atoms. The Balaban J connectivity index is 1.40. The number of benzene rings is 1. The molecule has 1 atom stereocenters. The van der Waals surface area contributed by atoms with Gasteiger partial charge in [0, 0.05) is 17.8 Å². The second-order valence-electron chi connectivity index (χ2n) is 8.76. The molecule has 1 aliphatic carbocycles. The first kappa shape index (κ1) is 22.1. The van der Waals surface area contributed by atoms with Gasteiger partial charge in [-0.3, -0.25) is 9.36 Å². The molecule has 1 unspecified atom stereocenters. The van der Waals surface area contributed by atoms with E-state index in [9.17, 15) is 18.0 Å². The van der Waals surface area contributed by atoms with Crippen LogP contribution in [0.25, 0.3) is 33.9 Å². The normalized spacial score (nSPS) is 14.9. The molecule has 1 saturated carbocycles. The minimum Gasteiger partial charge on any atom is -0.306 e. The largest absolute Gasteiger partial charge is 0.408 e. The minimum absolute atomic E-state index is 0.0580. The van der Waals surface area contributed by atoms with Crippen molar-refractivity contribution in [3.63, 3.8) is 0 Å². The molecule has 12 heteroatoms. The number of pyridine rings is 1. The first-order chi connectivity index (χ1) is 17.3. The van der Waals surface area contributed by atoms with E-state index < -0.39 is 12.2 Å². The van der Waals surface area contributed by atoms with Crippen LogP contribution in [0.4, 0.5) is 13.2 Å². The zero-order chi connectivity index (χ0) is 25.0. The zero-order valence-electron chi connectivity index (χ0n) is 19.0. The highest BCUT2D eigenvalue weighted by Gasteiger charge is 2.38. The average Bonchev–Trinajstić information content (AvgIpc) is 3.39. The average molecular weight is 492 g/mol. The maximum Gasteiger partial charge on any atom is 0.408 e. The van der Waals surface area contributed by atoms with E-state index in [0.717, 1.165) is 42.0 Å². The van der Waals surface area contributed by atoms with E-state index in [0.29, 0.717) is 16.8 Å². The van der Waals surface area contributed by atoms with E-state index in [2.05, 4.69) is 25.1 Å². The highest BCUT2D eigenvalue weighted by Crippen LogP contribution is 2.39. The lowest BCUT2D eigenvalue weighted by atomic mass is 10.2. The molecule has 6 rings (SSSR count). The zero-order valence-corrected chi connectivity index (χ0v) is 19.0. The van der Waals surface area contributed by atoms with Crippen LogP contribution in [0.5, 0.6) is 0 Å². The summed E-state index contributed by atoms with van der Waals surface area (Å²) in [6.07, 6.45) is 3.85. The Hall–Kier alpha value is -4.35. The van der Waals surface area contributed by atoms with Crippen LogP contribution in [0.1, 0.15) is 37.4 Å². The summed E-state index contributed by atoms with van der Waals surface area (Å²) in [5.74, 6) is 0.649. The molecule has 1 fully saturated rings. The molecular weight excluding hydrogens is 473 g/mol. The van der Waals surface area contributed by atoms with Gasteiger partial charge in [0.1, 0.15) is 30.2 Å². The Kier molecular flexibility index (Phi) is 4.99. The number of hydrogen-bond donors (Lipinski definition) is 0. The summed E-state index contributed by atoms with van der Waals surface area (Å²) in [6, 6.07) is 8.20. The van der Waals surface area contributed by atoms with Crippen LogP contribution in [0.2, 0.25) is 0 Å². The van der Waals surface area contributed by atoms with Gasteiger partial charge in [0.25, 0.3) is 5.56 Å². The maximum absolute atomic E-state index is 13.4. The number of alkyl halides is 3. The lowest BCUT2D eigenvalue weighted by Gasteiger charge is -2.18. The van der Waals surface area contributed by atoms with Crippen molar-refractivity contribution in [1.82, 2.24) is 38.9 Å². The van der Waals surface area contributed by atoms with Crippen molar-refractivity contribution in [2.45, 2.75) is 37.9 Å². The van der Waals surface area contributed by atoms with Crippen LogP contribution in [-0.2, 0) is 0 Å². The van der Waals surface area contributed by atoms with Gasteiger partial charge in [-0.15, -0.1) is 10.2 Å². The molecule has 0 saturated heterocycles. The fourth-order valence-corrected chi connectivity index (χ4v) is 4.05. The number of rotatable bonds is 5. The second kappa shape index (κ2) is 8.11. The highest BCUT2D eigenvalue weighted by molar-refractivity contribution is 5.80. The summed E-state index contributed by atoms with van der Waals surface area (Å²) >= 11 is 0. The maximum atomic E-state index is 13.4. The van der Waals surface area contributed by atoms with E-state index >= 15 is 0 Å². The van der Waals surface area contributed by atoms with Crippen molar-refractivity contribution in [2.75, 3.05) is 0 Å². The summed E-state index contributed by atoms with van der Waals surface area (Å²) in [4.78, 5) is 26.7. The molecule has 1 aliphatic rings. The predicted molar refractivity (Wildman–Crippen MR) is 124 cm³/mol. The molecule has 5 aromatic rings. The smallest absolute Gasteiger partial charge is 0.306 e. The quantitative estimate of drug-likeness (QED) is 0.364. The van der Waals surface area contributed by atoms with Gasteiger partial charge in [0.2, 0.25) is 0 Å². The highest BCUT2D eigenvalue weighted by atomic mass is 19.4. The van der Waals surface area contributed by atoms with Crippen LogP contribution >= 0.6 is 0 Å². The van der Waals surface area contributed by atoms with Crippen molar-refractivity contribution in [3.05, 3.63) is 77.6 Å². The fraction of sp³-hybridized carbons (Fsp3) is 0.250. The predicted octanol–water partition coefficient (Wildman–Crippen LogP) is 4.23. The summed E-state index contributed by atoms with van der Waals surface area (Å²) in [6.45, 7) is 1.01. The first-order valence-electron chi connectivity index (χ1n) is 11.3.